The van der Waals surface area contributed by atoms with Crippen molar-refractivity contribution in [1.29, 1.82) is 0 Å². The van der Waals surface area contributed by atoms with Crippen LogP contribution in [0.15, 0.2) is 24.3 Å². The first-order valence-electron chi connectivity index (χ1n) is 11.2. The summed E-state index contributed by atoms with van der Waals surface area (Å²) in [5, 5.41) is 10.9. The number of likely N-dealkylation sites (tertiary alicyclic amines) is 1. The Hall–Kier alpha value is -1.67. The van der Waals surface area contributed by atoms with Crippen molar-refractivity contribution in [2.75, 3.05) is 52.4 Å². The van der Waals surface area contributed by atoms with Gasteiger partial charge in [0.15, 0.2) is 0 Å². The molecule has 0 saturated carbocycles. The maximum atomic E-state index is 13.2. The van der Waals surface area contributed by atoms with Crippen molar-refractivity contribution >= 4 is 23.4 Å². The van der Waals surface area contributed by atoms with Gasteiger partial charge in [-0.05, 0) is 44.0 Å². The van der Waals surface area contributed by atoms with Crippen LogP contribution in [-0.4, -0.2) is 107 Å². The van der Waals surface area contributed by atoms with Gasteiger partial charge in [-0.3, -0.25) is 19.4 Å². The average Bonchev–Trinajstić information content (AvgIpc) is 2.78. The molecular formula is C23H33ClN4O3. The lowest BCUT2D eigenvalue weighted by atomic mass is 9.90. The summed E-state index contributed by atoms with van der Waals surface area (Å²) in [6.07, 6.45) is 1.99. The highest BCUT2D eigenvalue weighted by Gasteiger charge is 2.47. The number of amides is 2. The van der Waals surface area contributed by atoms with E-state index in [1.807, 2.05) is 9.80 Å². The van der Waals surface area contributed by atoms with Crippen LogP contribution in [-0.2, 0) is 4.79 Å². The topological polar surface area (TPSA) is 67.3 Å². The maximum absolute atomic E-state index is 13.2. The molecule has 3 aliphatic heterocycles. The van der Waals surface area contributed by atoms with Crippen molar-refractivity contribution in [2.24, 2.45) is 0 Å². The molecule has 0 unspecified atom stereocenters. The lowest BCUT2D eigenvalue weighted by Crippen LogP contribution is -2.73. The zero-order valence-corrected chi connectivity index (χ0v) is 19.2. The molecule has 170 valence electrons. The van der Waals surface area contributed by atoms with Crippen LogP contribution in [0.25, 0.3) is 0 Å². The van der Waals surface area contributed by atoms with Crippen LogP contribution < -0.4 is 0 Å². The van der Waals surface area contributed by atoms with Crippen LogP contribution >= 0.6 is 11.6 Å². The van der Waals surface area contributed by atoms with Crippen LogP contribution in [0.1, 0.15) is 37.0 Å². The number of piperidine rings is 1. The van der Waals surface area contributed by atoms with Gasteiger partial charge in [-0.1, -0.05) is 11.6 Å². The number of aliphatic hydroxyl groups excluding tert-OH is 1. The average molecular weight is 449 g/mol. The molecule has 0 aliphatic carbocycles. The van der Waals surface area contributed by atoms with E-state index in [9.17, 15) is 14.7 Å². The van der Waals surface area contributed by atoms with Crippen molar-refractivity contribution in [3.63, 3.8) is 0 Å². The van der Waals surface area contributed by atoms with E-state index in [0.717, 1.165) is 45.6 Å². The molecule has 2 atom stereocenters. The van der Waals surface area contributed by atoms with E-state index < -0.39 is 5.54 Å². The Kier molecular flexibility index (Phi) is 6.58. The number of carbonyl (C=O) groups excluding carboxylic acids is 2. The molecule has 31 heavy (non-hydrogen) atoms. The SMILES string of the molecule is CC(=O)N1CCC(N2CCN3[C@H](CN(C(=O)c4ccc(Cl)cc4)C[C@@]3(C)CO)C2)CC1. The third-order valence-corrected chi connectivity index (χ3v) is 7.57. The van der Waals surface area contributed by atoms with E-state index >= 15 is 0 Å². The van der Waals surface area contributed by atoms with Crippen molar-refractivity contribution in [2.45, 2.75) is 44.3 Å². The standard InChI is InChI=1S/C23H33ClN4O3/c1-17(30)25-9-7-20(8-10-25)26-11-12-28-21(13-26)14-27(15-23(28,2)16-29)22(31)18-3-5-19(24)6-4-18/h3-6,20-21,29H,7-16H2,1-2H3/t21-,23-/m0/s1. The Balaban J connectivity index is 1.46. The molecule has 3 heterocycles. The second kappa shape index (κ2) is 9.06. The fourth-order valence-corrected chi connectivity index (χ4v) is 5.64. The number of nitrogens with zero attached hydrogens (tertiary/aromatic N) is 4. The number of hydrogen-bond acceptors (Lipinski definition) is 5. The minimum absolute atomic E-state index is 0.0112. The number of fused-ring (bicyclic) bond motifs is 1. The molecule has 2 amide bonds. The number of benzene rings is 1. The summed E-state index contributed by atoms with van der Waals surface area (Å²) in [7, 11) is 0. The summed E-state index contributed by atoms with van der Waals surface area (Å²) >= 11 is 5.99. The van der Waals surface area contributed by atoms with Crippen LogP contribution in [0.5, 0.6) is 0 Å². The van der Waals surface area contributed by atoms with Gasteiger partial charge >= 0.3 is 0 Å². The Morgan fingerprint density at radius 1 is 1.03 bits per heavy atom. The number of hydrogen-bond donors (Lipinski definition) is 1. The van der Waals surface area contributed by atoms with Gasteiger partial charge in [0.25, 0.3) is 5.91 Å². The molecule has 0 aromatic heterocycles. The third-order valence-electron chi connectivity index (χ3n) is 7.32. The summed E-state index contributed by atoms with van der Waals surface area (Å²) in [6, 6.07) is 7.67. The van der Waals surface area contributed by atoms with Gasteiger partial charge in [-0.25, -0.2) is 0 Å². The summed E-state index contributed by atoms with van der Waals surface area (Å²) in [4.78, 5) is 33.6. The lowest BCUT2D eigenvalue weighted by Gasteiger charge is -2.57. The van der Waals surface area contributed by atoms with Gasteiger partial charge in [0.2, 0.25) is 5.91 Å². The van der Waals surface area contributed by atoms with Crippen LogP contribution in [0.2, 0.25) is 5.02 Å². The third kappa shape index (κ3) is 4.60. The number of rotatable bonds is 3. The van der Waals surface area contributed by atoms with E-state index in [1.165, 1.54) is 0 Å². The normalized spacial score (nSPS) is 28.5. The second-order valence-corrected chi connectivity index (χ2v) is 9.86. The molecule has 8 heteroatoms. The Morgan fingerprint density at radius 2 is 1.71 bits per heavy atom. The summed E-state index contributed by atoms with van der Waals surface area (Å²) in [5.74, 6) is 0.147. The highest BCUT2D eigenvalue weighted by molar-refractivity contribution is 6.30. The Bertz CT molecular complexity index is 812. The number of piperazine rings is 2. The molecular weight excluding hydrogens is 416 g/mol. The summed E-state index contributed by atoms with van der Waals surface area (Å²) < 4.78 is 0. The fourth-order valence-electron chi connectivity index (χ4n) is 5.52. The first kappa shape index (κ1) is 22.5. The van der Waals surface area contributed by atoms with Gasteiger partial charge in [-0.15, -0.1) is 0 Å². The van der Waals surface area contributed by atoms with Crippen molar-refractivity contribution < 1.29 is 14.7 Å². The first-order chi connectivity index (χ1) is 14.8. The van der Waals surface area contributed by atoms with Gasteiger partial charge in [0.1, 0.15) is 0 Å². The Labute approximate surface area is 189 Å². The van der Waals surface area contributed by atoms with Crippen molar-refractivity contribution in [1.82, 2.24) is 19.6 Å². The predicted molar refractivity (Wildman–Crippen MR) is 120 cm³/mol. The van der Waals surface area contributed by atoms with E-state index in [0.29, 0.717) is 29.7 Å². The van der Waals surface area contributed by atoms with E-state index in [2.05, 4.69) is 16.7 Å². The monoisotopic (exact) mass is 448 g/mol. The van der Waals surface area contributed by atoms with Crippen LogP contribution in [0.4, 0.5) is 0 Å². The molecule has 0 radical (unpaired) electrons. The molecule has 0 bridgehead atoms. The highest BCUT2D eigenvalue weighted by Crippen LogP contribution is 2.31. The smallest absolute Gasteiger partial charge is 0.253 e. The highest BCUT2D eigenvalue weighted by atomic mass is 35.5. The van der Waals surface area contributed by atoms with Crippen LogP contribution in [0.3, 0.4) is 0 Å². The fraction of sp³-hybridized carbons (Fsp3) is 0.652. The lowest BCUT2D eigenvalue weighted by molar-refractivity contribution is -0.131. The molecule has 1 aromatic rings. The van der Waals surface area contributed by atoms with E-state index in [1.54, 1.807) is 31.2 Å². The van der Waals surface area contributed by atoms with Crippen molar-refractivity contribution in [3.05, 3.63) is 34.9 Å². The largest absolute Gasteiger partial charge is 0.394 e. The first-order valence-corrected chi connectivity index (χ1v) is 11.6. The minimum atomic E-state index is -0.449. The minimum Gasteiger partial charge on any atom is -0.394 e. The molecule has 3 fully saturated rings. The number of halogens is 1. The summed E-state index contributed by atoms with van der Waals surface area (Å²) in [6.45, 7) is 9.25. The summed E-state index contributed by atoms with van der Waals surface area (Å²) in [5.41, 5.74) is 0.178. The van der Waals surface area contributed by atoms with Crippen LogP contribution in [0, 0.1) is 0 Å². The predicted octanol–water partition coefficient (Wildman–Crippen LogP) is 1.54. The molecule has 7 nitrogen and oxygen atoms in total. The second-order valence-electron chi connectivity index (χ2n) is 9.43. The number of carbonyl (C=O) groups is 2. The molecule has 3 aliphatic rings. The quantitative estimate of drug-likeness (QED) is 0.759. The van der Waals surface area contributed by atoms with Gasteiger partial charge in [0.05, 0.1) is 12.1 Å². The van der Waals surface area contributed by atoms with E-state index in [4.69, 9.17) is 11.6 Å². The molecule has 1 N–H and O–H groups in total. The van der Waals surface area contributed by atoms with E-state index in [-0.39, 0.29) is 24.5 Å². The molecule has 1 aromatic carbocycles. The van der Waals surface area contributed by atoms with Crippen molar-refractivity contribution in [3.8, 4) is 0 Å². The van der Waals surface area contributed by atoms with Gasteiger partial charge < -0.3 is 14.9 Å². The molecule has 0 spiro atoms. The maximum Gasteiger partial charge on any atom is 0.253 e. The Morgan fingerprint density at radius 3 is 2.32 bits per heavy atom. The zero-order valence-electron chi connectivity index (χ0n) is 18.5. The van der Waals surface area contributed by atoms with Gasteiger partial charge in [-0.2, -0.15) is 0 Å². The molecule has 3 saturated heterocycles. The zero-order chi connectivity index (χ0) is 22.2. The number of aliphatic hydroxyl groups is 1. The van der Waals surface area contributed by atoms with Gasteiger partial charge in [0, 0.05) is 75.4 Å². The molecule has 4 rings (SSSR count).